The lowest BCUT2D eigenvalue weighted by Gasteiger charge is -2.36. The molecule has 1 rings (SSSR count). The van der Waals surface area contributed by atoms with E-state index in [1.54, 1.807) is 0 Å². The molecule has 1 aliphatic rings. The van der Waals surface area contributed by atoms with Crippen LogP contribution in [-0.2, 0) is 14.4 Å². The Morgan fingerprint density at radius 2 is 1.71 bits per heavy atom. The first-order valence-electron chi connectivity index (χ1n) is 3.77. The molecule has 8 nitrogen and oxygen atoms in total. The Labute approximate surface area is 78.4 Å². The smallest absolute Gasteiger partial charge is 0.356 e. The number of aliphatic hydroxyl groups excluding tert-OH is 4. The third-order valence-corrected chi connectivity index (χ3v) is 1.94. The van der Waals surface area contributed by atoms with E-state index in [2.05, 4.69) is 15.5 Å². The normalized spacial score (nSPS) is 43.4. The van der Waals surface area contributed by atoms with Crippen LogP contribution in [0.1, 0.15) is 0 Å². The van der Waals surface area contributed by atoms with Crippen LogP contribution < -0.4 is 5.90 Å². The highest BCUT2D eigenvalue weighted by Gasteiger charge is 2.46. The molecule has 6 N–H and O–H groups in total. The van der Waals surface area contributed by atoms with Crippen LogP contribution in [0.15, 0.2) is 0 Å². The molecular weight excluding hydrogens is 198 g/mol. The van der Waals surface area contributed by atoms with Crippen LogP contribution in [0.5, 0.6) is 0 Å². The third-order valence-electron chi connectivity index (χ3n) is 1.94. The maximum atomic E-state index is 10.8. The zero-order valence-electron chi connectivity index (χ0n) is 6.98. The molecule has 14 heavy (non-hydrogen) atoms. The van der Waals surface area contributed by atoms with Crippen LogP contribution in [0.3, 0.4) is 0 Å². The number of aliphatic hydroxyl groups is 4. The van der Waals surface area contributed by atoms with Crippen molar-refractivity contribution in [2.45, 2.75) is 30.7 Å². The van der Waals surface area contributed by atoms with Gasteiger partial charge in [-0.25, -0.2) is 4.79 Å². The molecular formula is C6H11NO7. The summed E-state index contributed by atoms with van der Waals surface area (Å²) in [4.78, 5) is 14.6. The van der Waals surface area contributed by atoms with Gasteiger partial charge in [0.05, 0.1) is 0 Å². The minimum absolute atomic E-state index is 1.15. The van der Waals surface area contributed by atoms with Crippen molar-refractivity contribution < 1.29 is 34.8 Å². The minimum Gasteiger partial charge on any atom is -0.387 e. The Morgan fingerprint density at radius 3 is 2.21 bits per heavy atom. The number of hydrogen-bond donors (Lipinski definition) is 5. The van der Waals surface area contributed by atoms with E-state index in [1.807, 2.05) is 0 Å². The van der Waals surface area contributed by atoms with Crippen molar-refractivity contribution in [2.75, 3.05) is 0 Å². The third kappa shape index (κ3) is 1.85. The van der Waals surface area contributed by atoms with Crippen LogP contribution in [-0.4, -0.2) is 57.1 Å². The summed E-state index contributed by atoms with van der Waals surface area (Å²) in [6.07, 6.45) is -8.50. The fourth-order valence-electron chi connectivity index (χ4n) is 1.12. The molecule has 1 aliphatic heterocycles. The highest BCUT2D eigenvalue weighted by Crippen LogP contribution is 2.20. The first-order valence-corrected chi connectivity index (χ1v) is 3.77. The SMILES string of the molecule is NOC(=O)[C@H]1O[C@@H](O)[C@H](O)[C@@H](O)[C@@H]1O. The van der Waals surface area contributed by atoms with E-state index in [9.17, 15) is 9.90 Å². The first-order chi connectivity index (χ1) is 6.49. The second-order valence-electron chi connectivity index (χ2n) is 2.86. The predicted octanol–water partition coefficient (Wildman–Crippen LogP) is -3.80. The van der Waals surface area contributed by atoms with Gasteiger partial charge >= 0.3 is 5.97 Å². The molecule has 0 unspecified atom stereocenters. The Morgan fingerprint density at radius 1 is 1.14 bits per heavy atom. The van der Waals surface area contributed by atoms with Crippen molar-refractivity contribution in [3.63, 3.8) is 0 Å². The summed E-state index contributed by atoms with van der Waals surface area (Å²) in [5.74, 6) is 3.37. The monoisotopic (exact) mass is 209 g/mol. The summed E-state index contributed by atoms with van der Waals surface area (Å²) in [7, 11) is 0. The zero-order valence-corrected chi connectivity index (χ0v) is 6.98. The van der Waals surface area contributed by atoms with Crippen molar-refractivity contribution in [1.29, 1.82) is 0 Å². The van der Waals surface area contributed by atoms with Gasteiger partial charge in [-0.3, -0.25) is 0 Å². The van der Waals surface area contributed by atoms with E-state index in [0.717, 1.165) is 0 Å². The molecule has 0 radical (unpaired) electrons. The standard InChI is InChI=1S/C6H11NO7/c7-14-6(12)4-2(9)1(8)3(10)5(11)13-4/h1-5,8-11H,7H2/t1-,2-,3+,4-,5+/m0/s1. The van der Waals surface area contributed by atoms with Gasteiger partial charge in [0.2, 0.25) is 0 Å². The molecule has 8 heteroatoms. The molecule has 0 aromatic heterocycles. The number of carbonyl (C=O) groups excluding carboxylic acids is 1. The summed E-state index contributed by atoms with van der Waals surface area (Å²) in [6, 6.07) is 0. The second kappa shape index (κ2) is 4.17. The average molecular weight is 209 g/mol. The van der Waals surface area contributed by atoms with Gasteiger partial charge in [0.25, 0.3) is 0 Å². The van der Waals surface area contributed by atoms with Gasteiger partial charge in [-0.1, -0.05) is 0 Å². The second-order valence-corrected chi connectivity index (χ2v) is 2.86. The molecule has 0 aromatic rings. The highest BCUT2D eigenvalue weighted by atomic mass is 16.7. The van der Waals surface area contributed by atoms with Crippen LogP contribution in [0.4, 0.5) is 0 Å². The van der Waals surface area contributed by atoms with Gasteiger partial charge in [0.15, 0.2) is 12.4 Å². The van der Waals surface area contributed by atoms with Gasteiger partial charge in [-0.15, -0.1) is 0 Å². The Balaban J connectivity index is 2.75. The lowest BCUT2D eigenvalue weighted by Crippen LogP contribution is -2.60. The molecule has 82 valence electrons. The van der Waals surface area contributed by atoms with Crippen molar-refractivity contribution in [3.8, 4) is 0 Å². The number of ether oxygens (including phenoxy) is 1. The Hall–Kier alpha value is -0.770. The van der Waals surface area contributed by atoms with Crippen LogP contribution in [0.2, 0.25) is 0 Å². The molecule has 0 aromatic carbocycles. The van der Waals surface area contributed by atoms with Gasteiger partial charge in [0, 0.05) is 0 Å². The van der Waals surface area contributed by atoms with Gasteiger partial charge < -0.3 is 30.0 Å². The number of nitrogens with two attached hydrogens (primary N) is 1. The molecule has 5 atom stereocenters. The van der Waals surface area contributed by atoms with E-state index >= 15 is 0 Å². The molecule has 0 amide bonds. The maximum absolute atomic E-state index is 10.8. The summed E-state index contributed by atoms with van der Waals surface area (Å²) in [5, 5.41) is 36.4. The average Bonchev–Trinajstić information content (AvgIpc) is 2.19. The fraction of sp³-hybridized carbons (Fsp3) is 0.833. The Kier molecular flexibility index (Phi) is 3.37. The fourth-order valence-corrected chi connectivity index (χ4v) is 1.12. The van der Waals surface area contributed by atoms with E-state index in [-0.39, 0.29) is 0 Å². The lowest BCUT2D eigenvalue weighted by molar-refractivity contribution is -0.281. The van der Waals surface area contributed by atoms with Gasteiger partial charge in [-0.05, 0) is 0 Å². The van der Waals surface area contributed by atoms with Crippen molar-refractivity contribution in [2.24, 2.45) is 5.90 Å². The van der Waals surface area contributed by atoms with E-state index < -0.39 is 36.7 Å². The maximum Gasteiger partial charge on any atom is 0.356 e. The topological polar surface area (TPSA) is 142 Å². The summed E-state index contributed by atoms with van der Waals surface area (Å²) < 4.78 is 4.47. The number of hydrogen-bond acceptors (Lipinski definition) is 8. The van der Waals surface area contributed by atoms with Crippen molar-refractivity contribution in [3.05, 3.63) is 0 Å². The van der Waals surface area contributed by atoms with Crippen molar-refractivity contribution >= 4 is 5.97 Å². The lowest BCUT2D eigenvalue weighted by atomic mass is 9.99. The number of rotatable bonds is 1. The molecule has 0 spiro atoms. The van der Waals surface area contributed by atoms with Crippen LogP contribution in [0.25, 0.3) is 0 Å². The number of carbonyl (C=O) groups is 1. The molecule has 0 bridgehead atoms. The quantitative estimate of drug-likeness (QED) is 0.277. The molecule has 0 saturated carbocycles. The van der Waals surface area contributed by atoms with Gasteiger partial charge in [-0.2, -0.15) is 5.90 Å². The highest BCUT2D eigenvalue weighted by molar-refractivity contribution is 5.75. The van der Waals surface area contributed by atoms with Crippen molar-refractivity contribution in [1.82, 2.24) is 0 Å². The Bertz CT molecular complexity index is 222. The summed E-state index contributed by atoms with van der Waals surface area (Å²) >= 11 is 0. The predicted molar refractivity (Wildman–Crippen MR) is 39.2 cm³/mol. The van der Waals surface area contributed by atoms with E-state index in [1.165, 1.54) is 0 Å². The van der Waals surface area contributed by atoms with Crippen LogP contribution >= 0.6 is 0 Å². The first kappa shape index (κ1) is 11.3. The van der Waals surface area contributed by atoms with E-state index in [0.29, 0.717) is 0 Å². The molecule has 1 heterocycles. The summed E-state index contributed by atoms with van der Waals surface area (Å²) in [5.41, 5.74) is 0. The van der Waals surface area contributed by atoms with E-state index in [4.69, 9.17) is 15.3 Å². The molecule has 1 fully saturated rings. The summed E-state index contributed by atoms with van der Waals surface area (Å²) in [6.45, 7) is 0. The molecule has 0 aliphatic carbocycles. The zero-order chi connectivity index (χ0) is 10.9. The minimum atomic E-state index is -1.78. The largest absolute Gasteiger partial charge is 0.387 e. The van der Waals surface area contributed by atoms with Crippen LogP contribution in [0, 0.1) is 0 Å². The van der Waals surface area contributed by atoms with Gasteiger partial charge in [0.1, 0.15) is 18.3 Å². The molecule has 1 saturated heterocycles.